The third-order valence-corrected chi connectivity index (χ3v) is 5.69. The molecule has 1 heterocycles. The molecule has 0 saturated heterocycles. The van der Waals surface area contributed by atoms with Crippen molar-refractivity contribution in [2.75, 3.05) is 13.2 Å². The molecule has 5 nitrogen and oxygen atoms in total. The highest BCUT2D eigenvalue weighted by Gasteiger charge is 2.43. The zero-order valence-corrected chi connectivity index (χ0v) is 16.1. The number of hydrogen-bond acceptors (Lipinski definition) is 4. The van der Waals surface area contributed by atoms with Crippen LogP contribution in [0.5, 0.6) is 11.5 Å². The fourth-order valence-electron chi connectivity index (χ4n) is 4.28. The summed E-state index contributed by atoms with van der Waals surface area (Å²) in [4.78, 5) is 26.5. The number of amides is 1. The first kappa shape index (κ1) is 18.5. The van der Waals surface area contributed by atoms with Gasteiger partial charge in [0.2, 0.25) is 0 Å². The number of fused-ring (bicyclic) bond motifs is 1. The van der Waals surface area contributed by atoms with Crippen LogP contribution in [0.1, 0.15) is 58.9 Å². The highest BCUT2D eigenvalue weighted by Crippen LogP contribution is 2.38. The lowest BCUT2D eigenvalue weighted by molar-refractivity contribution is 0.0769. The average molecular weight is 379 g/mol. The van der Waals surface area contributed by atoms with Crippen molar-refractivity contribution < 1.29 is 19.1 Å². The van der Waals surface area contributed by atoms with Gasteiger partial charge in [-0.15, -0.1) is 0 Å². The molecule has 2 aromatic carbocycles. The van der Waals surface area contributed by atoms with Crippen LogP contribution in [0.3, 0.4) is 0 Å². The van der Waals surface area contributed by atoms with E-state index in [4.69, 9.17) is 9.47 Å². The van der Waals surface area contributed by atoms with E-state index in [-0.39, 0.29) is 11.7 Å². The third kappa shape index (κ3) is 3.26. The molecule has 1 amide bonds. The van der Waals surface area contributed by atoms with E-state index in [1.165, 1.54) is 0 Å². The molecular formula is C23H25NO4. The van der Waals surface area contributed by atoms with E-state index in [1.807, 2.05) is 37.3 Å². The monoisotopic (exact) mass is 379 g/mol. The van der Waals surface area contributed by atoms with E-state index in [1.54, 1.807) is 12.1 Å². The second-order valence-corrected chi connectivity index (χ2v) is 7.41. The Morgan fingerprint density at radius 3 is 2.43 bits per heavy atom. The Bertz CT molecular complexity index is 885. The summed E-state index contributed by atoms with van der Waals surface area (Å²) in [6.07, 6.45) is 3.84. The molecule has 2 aliphatic rings. The molecule has 0 unspecified atom stereocenters. The Hall–Kier alpha value is -2.82. The van der Waals surface area contributed by atoms with Crippen molar-refractivity contribution in [2.45, 2.75) is 44.6 Å². The summed E-state index contributed by atoms with van der Waals surface area (Å²) >= 11 is 0. The van der Waals surface area contributed by atoms with Crippen molar-refractivity contribution in [3.05, 3.63) is 59.2 Å². The molecule has 5 heteroatoms. The van der Waals surface area contributed by atoms with E-state index in [9.17, 15) is 9.59 Å². The minimum absolute atomic E-state index is 0.00505. The van der Waals surface area contributed by atoms with Gasteiger partial charge in [0.15, 0.2) is 17.3 Å². The van der Waals surface area contributed by atoms with Gasteiger partial charge in [0.25, 0.3) is 5.91 Å². The molecule has 0 bridgehead atoms. The van der Waals surface area contributed by atoms with Crippen molar-refractivity contribution in [2.24, 2.45) is 0 Å². The van der Waals surface area contributed by atoms with E-state index in [0.717, 1.165) is 18.4 Å². The van der Waals surface area contributed by atoms with Gasteiger partial charge in [-0.2, -0.15) is 0 Å². The first-order chi connectivity index (χ1) is 13.6. The summed E-state index contributed by atoms with van der Waals surface area (Å²) in [5.74, 6) is 1.10. The SMILES string of the molecule is CCc1c(C(=O)NC2(C(=O)c3ccccc3)CCCC2)ccc2c1OCCO2. The van der Waals surface area contributed by atoms with Crippen molar-refractivity contribution in [1.82, 2.24) is 5.32 Å². The van der Waals surface area contributed by atoms with E-state index < -0.39 is 5.54 Å². The van der Waals surface area contributed by atoms with Crippen LogP contribution in [0.4, 0.5) is 0 Å². The molecule has 0 aromatic heterocycles. The van der Waals surface area contributed by atoms with Gasteiger partial charge < -0.3 is 14.8 Å². The predicted molar refractivity (Wildman–Crippen MR) is 106 cm³/mol. The van der Waals surface area contributed by atoms with Crippen molar-refractivity contribution >= 4 is 11.7 Å². The largest absolute Gasteiger partial charge is 0.486 e. The predicted octanol–water partition coefficient (Wildman–Crippen LogP) is 3.95. The molecule has 2 aromatic rings. The molecule has 146 valence electrons. The second kappa shape index (κ2) is 7.66. The summed E-state index contributed by atoms with van der Waals surface area (Å²) in [6.45, 7) is 2.97. The lowest BCUT2D eigenvalue weighted by atomic mass is 9.87. The van der Waals surface area contributed by atoms with Crippen LogP contribution in [0.15, 0.2) is 42.5 Å². The Morgan fingerprint density at radius 1 is 1.00 bits per heavy atom. The molecule has 28 heavy (non-hydrogen) atoms. The van der Waals surface area contributed by atoms with Crippen LogP contribution >= 0.6 is 0 Å². The van der Waals surface area contributed by atoms with E-state index in [0.29, 0.717) is 55.1 Å². The number of ether oxygens (including phenoxy) is 2. The molecule has 1 fully saturated rings. The maximum atomic E-state index is 13.3. The minimum atomic E-state index is -0.837. The van der Waals surface area contributed by atoms with Gasteiger partial charge in [0.1, 0.15) is 18.8 Å². The zero-order chi connectivity index (χ0) is 19.6. The lowest BCUT2D eigenvalue weighted by Gasteiger charge is -2.30. The van der Waals surface area contributed by atoms with E-state index in [2.05, 4.69) is 5.32 Å². The molecular weight excluding hydrogens is 354 g/mol. The number of rotatable bonds is 5. The van der Waals surface area contributed by atoms with Gasteiger partial charge in [-0.1, -0.05) is 50.1 Å². The average Bonchev–Trinajstić information content (AvgIpc) is 3.22. The minimum Gasteiger partial charge on any atom is -0.486 e. The molecule has 1 N–H and O–H groups in total. The van der Waals surface area contributed by atoms with Crippen molar-refractivity contribution in [3.8, 4) is 11.5 Å². The Balaban J connectivity index is 1.65. The van der Waals surface area contributed by atoms with Gasteiger partial charge in [-0.3, -0.25) is 9.59 Å². The summed E-state index contributed by atoms with van der Waals surface area (Å²) in [6, 6.07) is 12.8. The van der Waals surface area contributed by atoms with Crippen LogP contribution in [0, 0.1) is 0 Å². The van der Waals surface area contributed by atoms with Crippen LogP contribution in [-0.2, 0) is 6.42 Å². The lowest BCUT2D eigenvalue weighted by Crippen LogP contribution is -2.52. The maximum absolute atomic E-state index is 13.3. The first-order valence-corrected chi connectivity index (χ1v) is 9.98. The fraction of sp³-hybridized carbons (Fsp3) is 0.391. The molecule has 1 aliphatic heterocycles. The molecule has 1 saturated carbocycles. The summed E-state index contributed by atoms with van der Waals surface area (Å²) < 4.78 is 11.4. The summed E-state index contributed by atoms with van der Waals surface area (Å²) in [5.41, 5.74) is 1.19. The number of Topliss-reactive ketones (excluding diaryl/α,β-unsaturated/α-hetero) is 1. The zero-order valence-electron chi connectivity index (χ0n) is 16.1. The Labute approximate surface area is 165 Å². The number of benzene rings is 2. The quantitative estimate of drug-likeness (QED) is 0.799. The topological polar surface area (TPSA) is 64.6 Å². The van der Waals surface area contributed by atoms with Crippen LogP contribution in [-0.4, -0.2) is 30.4 Å². The molecule has 0 spiro atoms. The molecule has 1 aliphatic carbocycles. The molecule has 4 rings (SSSR count). The van der Waals surface area contributed by atoms with Gasteiger partial charge in [-0.25, -0.2) is 0 Å². The van der Waals surface area contributed by atoms with Crippen LogP contribution in [0.25, 0.3) is 0 Å². The van der Waals surface area contributed by atoms with Crippen molar-refractivity contribution in [3.63, 3.8) is 0 Å². The summed E-state index contributed by atoms with van der Waals surface area (Å²) in [5, 5.41) is 3.10. The number of nitrogens with one attached hydrogen (secondary N) is 1. The van der Waals surface area contributed by atoms with Gasteiger partial charge in [-0.05, 0) is 31.4 Å². The molecule has 0 atom stereocenters. The highest BCUT2D eigenvalue weighted by molar-refractivity contribution is 6.07. The van der Waals surface area contributed by atoms with Gasteiger partial charge in [0, 0.05) is 16.7 Å². The van der Waals surface area contributed by atoms with Gasteiger partial charge >= 0.3 is 0 Å². The molecule has 0 radical (unpaired) electrons. The number of ketones is 1. The standard InChI is InChI=1S/C23H25NO4/c1-2-17-18(10-11-19-20(17)28-15-14-27-19)22(26)24-23(12-6-7-13-23)21(25)16-8-4-3-5-9-16/h3-5,8-11H,2,6-7,12-15H2,1H3,(H,24,26). The maximum Gasteiger partial charge on any atom is 0.252 e. The smallest absolute Gasteiger partial charge is 0.252 e. The first-order valence-electron chi connectivity index (χ1n) is 9.98. The number of carbonyl (C=O) groups is 2. The summed E-state index contributed by atoms with van der Waals surface area (Å²) in [7, 11) is 0. The van der Waals surface area contributed by atoms with E-state index >= 15 is 0 Å². The third-order valence-electron chi connectivity index (χ3n) is 5.69. The second-order valence-electron chi connectivity index (χ2n) is 7.41. The van der Waals surface area contributed by atoms with Crippen LogP contribution < -0.4 is 14.8 Å². The van der Waals surface area contributed by atoms with Gasteiger partial charge in [0.05, 0.1) is 0 Å². The fourth-order valence-corrected chi connectivity index (χ4v) is 4.28. The normalized spacial score (nSPS) is 17.2. The number of carbonyl (C=O) groups excluding carboxylic acids is 2. The Morgan fingerprint density at radius 2 is 1.71 bits per heavy atom. The Kier molecular flexibility index (Phi) is 5.07. The number of hydrogen-bond donors (Lipinski definition) is 1. The van der Waals surface area contributed by atoms with Crippen molar-refractivity contribution in [1.29, 1.82) is 0 Å². The van der Waals surface area contributed by atoms with Crippen LogP contribution in [0.2, 0.25) is 0 Å². The highest BCUT2D eigenvalue weighted by atomic mass is 16.6.